The predicted molar refractivity (Wildman–Crippen MR) is 211 cm³/mol. The molecule has 54 heavy (non-hydrogen) atoms. The second-order valence-corrected chi connectivity index (χ2v) is 20.7. The fourth-order valence-corrected chi connectivity index (χ4v) is 13.4. The molecule has 12 nitrogen and oxygen atoms in total. The maximum atomic E-state index is 13.4. The van der Waals surface area contributed by atoms with Gasteiger partial charge in [-0.1, -0.05) is 12.1 Å². The third-order valence-electron chi connectivity index (χ3n) is 13.3. The maximum Gasteiger partial charge on any atom is 0.332 e. The van der Waals surface area contributed by atoms with Gasteiger partial charge in [0.1, 0.15) is 0 Å². The lowest BCUT2D eigenvalue weighted by molar-refractivity contribution is 0.217. The first-order chi connectivity index (χ1) is 25.7. The molecule has 2 saturated heterocycles. The Morgan fingerprint density at radius 2 is 1.13 bits per heavy atom. The Morgan fingerprint density at radius 3 is 1.61 bits per heavy atom. The monoisotopic (exact) mass is 780 g/mol. The molecule has 4 unspecified atom stereocenters. The molecule has 0 radical (unpaired) electrons. The average Bonchev–Trinajstić information content (AvgIpc) is 3.93. The standard InChI is InChI=1S/C40H56N6O6S2/c1-24(2)46-15-7-11-32(46)23-54(51,52)44-40(48)42-38-34-13-5-9-26(34)17-30-19-28(21-36(30)38)27-18-29-16-25-8-4-12-33(25)37(35(29)20-27)41-39(47)43-53(49,50)22-31-10-6-14-45(31)3/h16-17,24,27-28,31-32H,4-15,18-23H2,1-3H3,(H2,41,43,47)(H2,42,44,48). The van der Waals surface area contributed by atoms with Crippen LogP contribution in [0.5, 0.6) is 0 Å². The molecule has 2 aliphatic heterocycles. The van der Waals surface area contributed by atoms with E-state index in [1.807, 2.05) is 11.9 Å². The minimum absolute atomic E-state index is 0.0891. The second-order valence-electron chi connectivity index (χ2n) is 17.2. The minimum Gasteiger partial charge on any atom is -0.307 e. The largest absolute Gasteiger partial charge is 0.332 e. The van der Waals surface area contributed by atoms with Gasteiger partial charge in [0.25, 0.3) is 0 Å². The number of rotatable bonds is 10. The summed E-state index contributed by atoms with van der Waals surface area (Å²) in [6.07, 6.45) is 12.4. The summed E-state index contributed by atoms with van der Waals surface area (Å²) in [5.41, 5.74) is 11.0. The van der Waals surface area contributed by atoms with E-state index in [0.717, 1.165) is 137 Å². The van der Waals surface area contributed by atoms with Gasteiger partial charge in [-0.15, -0.1) is 0 Å². The van der Waals surface area contributed by atoms with Crippen LogP contribution in [0.15, 0.2) is 12.1 Å². The molecule has 4 N–H and O–H groups in total. The van der Waals surface area contributed by atoms with Crippen LogP contribution in [0, 0.1) is 11.8 Å². The van der Waals surface area contributed by atoms with Gasteiger partial charge in [0.2, 0.25) is 20.0 Å². The fraction of sp³-hybridized carbons (Fsp3) is 0.650. The van der Waals surface area contributed by atoms with Crippen LogP contribution in [0.25, 0.3) is 0 Å². The zero-order chi connectivity index (χ0) is 37.9. The molecule has 6 aliphatic rings. The van der Waals surface area contributed by atoms with Crippen molar-refractivity contribution in [3.8, 4) is 0 Å². The summed E-state index contributed by atoms with van der Waals surface area (Å²) in [4.78, 5) is 31.0. The van der Waals surface area contributed by atoms with Gasteiger partial charge in [0, 0.05) is 29.5 Å². The number of fused-ring (bicyclic) bond motifs is 4. The van der Waals surface area contributed by atoms with Gasteiger partial charge in [0.15, 0.2) is 0 Å². The van der Waals surface area contributed by atoms with E-state index in [1.54, 1.807) is 0 Å². The molecule has 4 atom stereocenters. The highest BCUT2D eigenvalue weighted by atomic mass is 32.2. The fourth-order valence-electron chi connectivity index (χ4n) is 10.8. The van der Waals surface area contributed by atoms with Gasteiger partial charge in [-0.05, 0) is 180 Å². The second kappa shape index (κ2) is 14.7. The topological polar surface area (TPSA) is 157 Å². The molecule has 14 heteroatoms. The van der Waals surface area contributed by atoms with Crippen LogP contribution >= 0.6 is 0 Å². The van der Waals surface area contributed by atoms with Crippen molar-refractivity contribution in [3.63, 3.8) is 0 Å². The van der Waals surface area contributed by atoms with Gasteiger partial charge in [-0.25, -0.2) is 35.9 Å². The first-order valence-electron chi connectivity index (χ1n) is 20.2. The Bertz CT molecular complexity index is 2070. The molecule has 0 saturated carbocycles. The molecule has 2 aromatic rings. The van der Waals surface area contributed by atoms with Crippen LogP contribution in [0.3, 0.4) is 0 Å². The molecule has 0 aromatic heterocycles. The van der Waals surface area contributed by atoms with Crippen molar-refractivity contribution < 1.29 is 26.4 Å². The number of urea groups is 2. The molecule has 8 rings (SSSR count). The van der Waals surface area contributed by atoms with Crippen molar-refractivity contribution in [2.24, 2.45) is 11.8 Å². The lowest BCUT2D eigenvalue weighted by Gasteiger charge is -2.28. The Morgan fingerprint density at radius 1 is 0.648 bits per heavy atom. The van der Waals surface area contributed by atoms with E-state index >= 15 is 0 Å². The zero-order valence-corrected chi connectivity index (χ0v) is 33.6. The van der Waals surface area contributed by atoms with Crippen LogP contribution in [-0.2, 0) is 71.4 Å². The summed E-state index contributed by atoms with van der Waals surface area (Å²) in [6, 6.07) is 3.31. The summed E-state index contributed by atoms with van der Waals surface area (Å²) >= 11 is 0. The number of carbonyl (C=O) groups excluding carboxylic acids is 2. The van der Waals surface area contributed by atoms with Gasteiger partial charge in [0.05, 0.1) is 11.5 Å². The number of hydrogen-bond acceptors (Lipinski definition) is 8. The van der Waals surface area contributed by atoms with Gasteiger partial charge >= 0.3 is 12.1 Å². The van der Waals surface area contributed by atoms with Crippen LogP contribution in [0.1, 0.15) is 96.9 Å². The summed E-state index contributed by atoms with van der Waals surface area (Å²) < 4.78 is 57.1. The number of benzene rings is 2. The molecule has 294 valence electrons. The number of hydrogen-bond donors (Lipinski definition) is 4. The molecule has 0 spiro atoms. The van der Waals surface area contributed by atoms with E-state index in [2.05, 4.69) is 51.0 Å². The first-order valence-corrected chi connectivity index (χ1v) is 23.5. The number of amides is 4. The highest BCUT2D eigenvalue weighted by Gasteiger charge is 2.39. The normalized spacial score (nSPS) is 25.1. The molecule has 0 bridgehead atoms. The summed E-state index contributed by atoms with van der Waals surface area (Å²) in [5, 5.41) is 6.07. The van der Waals surface area contributed by atoms with E-state index in [0.29, 0.717) is 11.8 Å². The first kappa shape index (κ1) is 37.7. The SMILES string of the molecule is CC(C)N1CCCC1CS(=O)(=O)NC(=O)Nc1c2c(cc3c1CC(C1Cc4cc5c(c(NC(=O)NS(=O)(=O)CC6CCCN6C)c4C1)CCC5)C3)CCC2. The number of anilines is 2. The molecule has 2 aromatic carbocycles. The summed E-state index contributed by atoms with van der Waals surface area (Å²) in [7, 11) is -5.73. The highest BCUT2D eigenvalue weighted by molar-refractivity contribution is 7.90. The molecule has 2 fully saturated rings. The molecule has 2 heterocycles. The maximum absolute atomic E-state index is 13.4. The Kier molecular flexibility index (Phi) is 10.3. The molecule has 4 amide bonds. The number of aryl methyl sites for hydroxylation is 2. The Labute approximate surface area is 320 Å². The third-order valence-corrected chi connectivity index (χ3v) is 16.0. The predicted octanol–water partition coefficient (Wildman–Crippen LogP) is 4.66. The van der Waals surface area contributed by atoms with Crippen molar-refractivity contribution in [1.29, 1.82) is 0 Å². The van der Waals surface area contributed by atoms with E-state index < -0.39 is 32.1 Å². The Balaban J connectivity index is 0.969. The minimum atomic E-state index is -3.84. The van der Waals surface area contributed by atoms with Crippen molar-refractivity contribution in [3.05, 3.63) is 56.6 Å². The Hall–Kier alpha value is -3.20. The summed E-state index contributed by atoms with van der Waals surface area (Å²) in [5.74, 6) is 0.435. The van der Waals surface area contributed by atoms with Gasteiger partial charge in [-0.3, -0.25) is 4.90 Å². The smallest absolute Gasteiger partial charge is 0.307 e. The number of nitrogens with zero attached hydrogens (tertiary/aromatic N) is 2. The van der Waals surface area contributed by atoms with Crippen molar-refractivity contribution in [1.82, 2.24) is 19.2 Å². The number of nitrogens with one attached hydrogen (secondary N) is 4. The lowest BCUT2D eigenvalue weighted by Crippen LogP contribution is -2.44. The van der Waals surface area contributed by atoms with Crippen LogP contribution in [-0.4, -0.2) is 88.5 Å². The lowest BCUT2D eigenvalue weighted by atomic mass is 9.87. The van der Waals surface area contributed by atoms with E-state index in [-0.39, 0.29) is 29.6 Å². The number of sulfonamides is 2. The van der Waals surface area contributed by atoms with E-state index in [4.69, 9.17) is 0 Å². The van der Waals surface area contributed by atoms with Gasteiger partial charge < -0.3 is 15.5 Å². The van der Waals surface area contributed by atoms with E-state index in [1.165, 1.54) is 22.3 Å². The van der Waals surface area contributed by atoms with Crippen LogP contribution in [0.4, 0.5) is 21.0 Å². The molecular formula is C40H56N6O6S2. The zero-order valence-electron chi connectivity index (χ0n) is 31.9. The van der Waals surface area contributed by atoms with Crippen molar-refractivity contribution in [2.75, 3.05) is 42.3 Å². The number of carbonyl (C=O) groups is 2. The third kappa shape index (κ3) is 7.64. The summed E-state index contributed by atoms with van der Waals surface area (Å²) in [6.45, 7) is 5.89. The van der Waals surface area contributed by atoms with Crippen molar-refractivity contribution in [2.45, 2.75) is 122 Å². The average molecular weight is 781 g/mol. The molecular weight excluding hydrogens is 725 g/mol. The van der Waals surface area contributed by atoms with Crippen LogP contribution in [0.2, 0.25) is 0 Å². The quantitative estimate of drug-likeness (QED) is 0.271. The highest BCUT2D eigenvalue weighted by Crippen LogP contribution is 2.47. The van der Waals surface area contributed by atoms with Crippen molar-refractivity contribution >= 4 is 43.5 Å². The molecule has 4 aliphatic carbocycles. The van der Waals surface area contributed by atoms with E-state index in [9.17, 15) is 26.4 Å². The number of likely N-dealkylation sites (tertiary alicyclic amines) is 2. The van der Waals surface area contributed by atoms with Gasteiger partial charge in [-0.2, -0.15) is 0 Å². The van der Waals surface area contributed by atoms with Crippen LogP contribution < -0.4 is 20.1 Å².